The Morgan fingerprint density at radius 1 is 1.19 bits per heavy atom. The van der Waals surface area contributed by atoms with Gasteiger partial charge in [0, 0.05) is 18.0 Å². The Morgan fingerprint density at radius 3 is 2.78 bits per heavy atom. The number of H-pyrrole nitrogens is 1. The largest absolute Gasteiger partial charge is 0.485 e. The van der Waals surface area contributed by atoms with Crippen LogP contribution in [-0.2, 0) is 6.54 Å². The van der Waals surface area contributed by atoms with Crippen LogP contribution in [0.5, 0.6) is 5.75 Å². The standard InChI is InChI=1S/C25H26N4O2S/c1-3-29-15-18(31-21-12-8-7-11-20(21)29)14-28(2)16-23-26-24(30)19-13-22(32-25(19)27-23)17-9-5-4-6-10-17/h4-13,18H,3,14-16H2,1-2H3,(H,26,27,30). The van der Waals surface area contributed by atoms with Crippen molar-refractivity contribution >= 4 is 27.2 Å². The summed E-state index contributed by atoms with van der Waals surface area (Å²) in [5.41, 5.74) is 2.16. The molecule has 1 aliphatic heterocycles. The monoisotopic (exact) mass is 446 g/mol. The third-order valence-corrected chi connectivity index (χ3v) is 6.83. The van der Waals surface area contributed by atoms with Crippen LogP contribution in [0, 0.1) is 0 Å². The maximum Gasteiger partial charge on any atom is 0.259 e. The van der Waals surface area contributed by atoms with Crippen molar-refractivity contribution in [2.75, 3.05) is 31.6 Å². The van der Waals surface area contributed by atoms with Gasteiger partial charge < -0.3 is 14.6 Å². The van der Waals surface area contributed by atoms with Crippen LogP contribution < -0.4 is 15.2 Å². The average molecular weight is 447 g/mol. The van der Waals surface area contributed by atoms with Crippen LogP contribution in [0.4, 0.5) is 5.69 Å². The van der Waals surface area contributed by atoms with Crippen LogP contribution in [0.15, 0.2) is 65.5 Å². The Kier molecular flexibility index (Phi) is 5.68. The van der Waals surface area contributed by atoms with Crippen molar-refractivity contribution in [2.45, 2.75) is 19.6 Å². The minimum Gasteiger partial charge on any atom is -0.485 e. The Labute approximate surface area is 191 Å². The van der Waals surface area contributed by atoms with Gasteiger partial charge in [-0.2, -0.15) is 0 Å². The molecule has 3 heterocycles. The molecule has 4 aromatic rings. The first kappa shape index (κ1) is 20.7. The molecule has 1 unspecified atom stereocenters. The molecule has 1 aliphatic rings. The molecule has 6 nitrogen and oxygen atoms in total. The van der Waals surface area contributed by atoms with Gasteiger partial charge in [0.05, 0.1) is 24.2 Å². The van der Waals surface area contributed by atoms with Crippen LogP contribution in [0.2, 0.25) is 0 Å². The maximum absolute atomic E-state index is 12.7. The first-order valence-corrected chi connectivity index (χ1v) is 11.7. The number of benzene rings is 2. The zero-order valence-corrected chi connectivity index (χ0v) is 19.1. The van der Waals surface area contributed by atoms with Crippen molar-refractivity contribution in [1.82, 2.24) is 14.9 Å². The van der Waals surface area contributed by atoms with E-state index in [2.05, 4.69) is 39.9 Å². The van der Waals surface area contributed by atoms with Crippen molar-refractivity contribution in [2.24, 2.45) is 0 Å². The number of nitrogens with zero attached hydrogens (tertiary/aromatic N) is 3. The van der Waals surface area contributed by atoms with Gasteiger partial charge in [0.15, 0.2) is 0 Å². The summed E-state index contributed by atoms with van der Waals surface area (Å²) in [4.78, 5) is 26.7. The van der Waals surface area contributed by atoms with E-state index in [1.165, 1.54) is 0 Å². The molecule has 0 saturated heterocycles. The quantitative estimate of drug-likeness (QED) is 0.477. The number of ether oxygens (including phenoxy) is 1. The van der Waals surface area contributed by atoms with E-state index in [1.807, 2.05) is 49.5 Å². The molecular weight excluding hydrogens is 420 g/mol. The van der Waals surface area contributed by atoms with Crippen LogP contribution in [0.3, 0.4) is 0 Å². The van der Waals surface area contributed by atoms with E-state index in [1.54, 1.807) is 11.3 Å². The summed E-state index contributed by atoms with van der Waals surface area (Å²) >= 11 is 1.56. The summed E-state index contributed by atoms with van der Waals surface area (Å²) in [6, 6.07) is 20.2. The number of para-hydroxylation sites is 2. The fourth-order valence-electron chi connectivity index (χ4n) is 4.24. The average Bonchev–Trinajstić information content (AvgIpc) is 3.24. The second kappa shape index (κ2) is 8.76. The number of likely N-dealkylation sites (N-methyl/N-ethyl adjacent to an activating group) is 2. The number of rotatable bonds is 6. The second-order valence-corrected chi connectivity index (χ2v) is 9.18. The molecule has 0 amide bonds. The highest BCUT2D eigenvalue weighted by Gasteiger charge is 2.25. The minimum absolute atomic E-state index is 0.0525. The third kappa shape index (κ3) is 4.13. The normalized spacial score (nSPS) is 15.7. The summed E-state index contributed by atoms with van der Waals surface area (Å²) in [6.45, 7) is 5.24. The van der Waals surface area contributed by atoms with Gasteiger partial charge >= 0.3 is 0 Å². The fourth-order valence-corrected chi connectivity index (χ4v) is 5.29. The molecule has 0 spiro atoms. The molecule has 0 saturated carbocycles. The Bertz CT molecular complexity index is 1280. The maximum atomic E-state index is 12.7. The van der Waals surface area contributed by atoms with Gasteiger partial charge in [0.25, 0.3) is 5.56 Å². The molecule has 1 atom stereocenters. The highest BCUT2D eigenvalue weighted by atomic mass is 32.1. The number of thiophene rings is 1. The number of aromatic amines is 1. The lowest BCUT2D eigenvalue weighted by molar-refractivity contribution is 0.138. The lowest BCUT2D eigenvalue weighted by Gasteiger charge is -2.37. The topological polar surface area (TPSA) is 61.5 Å². The van der Waals surface area contributed by atoms with Crippen molar-refractivity contribution in [3.8, 4) is 16.2 Å². The molecular formula is C25H26N4O2S. The van der Waals surface area contributed by atoms with Gasteiger partial charge in [-0.3, -0.25) is 9.69 Å². The molecule has 2 aromatic carbocycles. The summed E-state index contributed by atoms with van der Waals surface area (Å²) in [5.74, 6) is 1.61. The fraction of sp³-hybridized carbons (Fsp3) is 0.280. The summed E-state index contributed by atoms with van der Waals surface area (Å²) < 4.78 is 6.25. The first-order chi connectivity index (χ1) is 15.6. The van der Waals surface area contributed by atoms with Gasteiger partial charge in [0.2, 0.25) is 0 Å². The number of anilines is 1. The predicted octanol–water partition coefficient (Wildman–Crippen LogP) is 4.37. The van der Waals surface area contributed by atoms with E-state index in [0.29, 0.717) is 17.8 Å². The summed E-state index contributed by atoms with van der Waals surface area (Å²) in [5, 5.41) is 0.645. The SMILES string of the molecule is CCN1CC(CN(C)Cc2nc3sc(-c4ccccc4)cc3c(=O)[nH]2)Oc2ccccc21. The zero-order valence-electron chi connectivity index (χ0n) is 18.2. The molecule has 7 heteroatoms. The highest BCUT2D eigenvalue weighted by Crippen LogP contribution is 2.33. The lowest BCUT2D eigenvalue weighted by Crippen LogP contribution is -2.45. The molecule has 0 bridgehead atoms. The van der Waals surface area contributed by atoms with Crippen molar-refractivity contribution in [1.29, 1.82) is 0 Å². The molecule has 32 heavy (non-hydrogen) atoms. The first-order valence-electron chi connectivity index (χ1n) is 10.9. The van der Waals surface area contributed by atoms with E-state index < -0.39 is 0 Å². The van der Waals surface area contributed by atoms with Gasteiger partial charge in [0.1, 0.15) is 22.5 Å². The zero-order chi connectivity index (χ0) is 22.1. The Hall–Kier alpha value is -3.16. The molecule has 0 radical (unpaired) electrons. The smallest absolute Gasteiger partial charge is 0.259 e. The molecule has 164 valence electrons. The molecule has 5 rings (SSSR count). The highest BCUT2D eigenvalue weighted by molar-refractivity contribution is 7.21. The second-order valence-electron chi connectivity index (χ2n) is 8.15. The van der Waals surface area contributed by atoms with E-state index in [9.17, 15) is 4.79 Å². The van der Waals surface area contributed by atoms with E-state index in [-0.39, 0.29) is 11.7 Å². The molecule has 2 aromatic heterocycles. The number of nitrogens with one attached hydrogen (secondary N) is 1. The molecule has 0 fully saturated rings. The van der Waals surface area contributed by atoms with Gasteiger partial charge in [-0.15, -0.1) is 11.3 Å². The van der Waals surface area contributed by atoms with E-state index in [4.69, 9.17) is 9.72 Å². The number of aromatic nitrogens is 2. The molecule has 0 aliphatic carbocycles. The van der Waals surface area contributed by atoms with Crippen molar-refractivity contribution < 1.29 is 4.74 Å². The van der Waals surface area contributed by atoms with Crippen molar-refractivity contribution in [3.05, 3.63) is 76.8 Å². The third-order valence-electron chi connectivity index (χ3n) is 5.75. The Morgan fingerprint density at radius 2 is 1.97 bits per heavy atom. The lowest BCUT2D eigenvalue weighted by atomic mass is 10.2. The predicted molar refractivity (Wildman–Crippen MR) is 131 cm³/mol. The van der Waals surface area contributed by atoms with Gasteiger partial charge in [-0.05, 0) is 37.7 Å². The molecule has 1 N–H and O–H groups in total. The van der Waals surface area contributed by atoms with Crippen LogP contribution >= 0.6 is 11.3 Å². The minimum atomic E-state index is -0.0863. The number of hydrogen-bond donors (Lipinski definition) is 1. The van der Waals surface area contributed by atoms with Crippen LogP contribution in [0.25, 0.3) is 20.7 Å². The summed E-state index contributed by atoms with van der Waals surface area (Å²) in [6.07, 6.45) is 0.0525. The summed E-state index contributed by atoms with van der Waals surface area (Å²) in [7, 11) is 2.04. The van der Waals surface area contributed by atoms with Crippen LogP contribution in [-0.4, -0.2) is 47.7 Å². The van der Waals surface area contributed by atoms with E-state index in [0.717, 1.165) is 46.3 Å². The van der Waals surface area contributed by atoms with E-state index >= 15 is 0 Å². The number of fused-ring (bicyclic) bond motifs is 2. The van der Waals surface area contributed by atoms with Crippen molar-refractivity contribution in [3.63, 3.8) is 0 Å². The Balaban J connectivity index is 1.32. The van der Waals surface area contributed by atoms with Gasteiger partial charge in [-0.1, -0.05) is 42.5 Å². The number of hydrogen-bond acceptors (Lipinski definition) is 6. The van der Waals surface area contributed by atoms with Crippen LogP contribution in [0.1, 0.15) is 12.7 Å². The van der Waals surface area contributed by atoms with Gasteiger partial charge in [-0.25, -0.2) is 4.98 Å².